The number of aliphatic carboxylic acids is 1. The van der Waals surface area contributed by atoms with Crippen molar-refractivity contribution in [2.24, 2.45) is 5.92 Å². The summed E-state index contributed by atoms with van der Waals surface area (Å²) in [6.45, 7) is 5.16. The van der Waals surface area contributed by atoms with Gasteiger partial charge >= 0.3 is 5.97 Å². The summed E-state index contributed by atoms with van der Waals surface area (Å²) in [5, 5.41) is 12.1. The van der Waals surface area contributed by atoms with Gasteiger partial charge in [0.25, 0.3) is 0 Å². The van der Waals surface area contributed by atoms with Crippen molar-refractivity contribution in [3.05, 3.63) is 35.9 Å². The predicted molar refractivity (Wildman–Crippen MR) is 99.9 cm³/mol. The van der Waals surface area contributed by atoms with Crippen LogP contribution in [-0.4, -0.2) is 64.9 Å². The Labute approximate surface area is 159 Å². The van der Waals surface area contributed by atoms with Gasteiger partial charge in [-0.25, -0.2) is 4.79 Å². The lowest BCUT2D eigenvalue weighted by Gasteiger charge is -2.27. The van der Waals surface area contributed by atoms with Gasteiger partial charge in [0.05, 0.1) is 5.92 Å². The van der Waals surface area contributed by atoms with Gasteiger partial charge in [-0.2, -0.15) is 0 Å². The molecule has 3 rings (SSSR count). The maximum Gasteiger partial charge on any atom is 0.330 e. The summed E-state index contributed by atoms with van der Waals surface area (Å²) in [7, 11) is 0. The first kappa shape index (κ1) is 19.4. The Balaban J connectivity index is 1.60. The number of hydrogen-bond acceptors (Lipinski definition) is 4. The molecule has 0 unspecified atom stereocenters. The molecule has 27 heavy (non-hydrogen) atoms. The minimum absolute atomic E-state index is 0.0234. The number of carboxylic acids is 1. The Morgan fingerprint density at radius 3 is 2.70 bits per heavy atom. The first-order valence-electron chi connectivity index (χ1n) is 9.59. The summed E-state index contributed by atoms with van der Waals surface area (Å²) in [4.78, 5) is 40.7. The van der Waals surface area contributed by atoms with E-state index >= 15 is 0 Å². The van der Waals surface area contributed by atoms with Crippen molar-refractivity contribution in [1.82, 2.24) is 15.1 Å². The van der Waals surface area contributed by atoms with Gasteiger partial charge in [-0.05, 0) is 31.5 Å². The van der Waals surface area contributed by atoms with Crippen LogP contribution in [0.5, 0.6) is 0 Å². The van der Waals surface area contributed by atoms with Gasteiger partial charge < -0.3 is 15.3 Å². The second-order valence-electron chi connectivity index (χ2n) is 7.31. The number of nitrogens with zero attached hydrogens (tertiary/aromatic N) is 2. The third-order valence-corrected chi connectivity index (χ3v) is 5.59. The Hall–Kier alpha value is -2.41. The number of likely N-dealkylation sites (tertiary alicyclic amines) is 2. The monoisotopic (exact) mass is 373 g/mol. The van der Waals surface area contributed by atoms with Gasteiger partial charge in [-0.15, -0.1) is 0 Å². The van der Waals surface area contributed by atoms with E-state index in [0.29, 0.717) is 24.7 Å². The van der Waals surface area contributed by atoms with Gasteiger partial charge in [0.2, 0.25) is 11.8 Å². The number of carboxylic acid groups (broad SMARTS) is 1. The fourth-order valence-electron chi connectivity index (χ4n) is 4.09. The lowest BCUT2D eigenvalue weighted by Crippen LogP contribution is -2.42. The van der Waals surface area contributed by atoms with E-state index in [9.17, 15) is 19.5 Å². The molecule has 146 valence electrons. The van der Waals surface area contributed by atoms with Crippen molar-refractivity contribution in [2.75, 3.05) is 26.2 Å². The van der Waals surface area contributed by atoms with Crippen LogP contribution in [0, 0.1) is 5.92 Å². The van der Waals surface area contributed by atoms with Crippen LogP contribution < -0.4 is 5.32 Å². The molecule has 1 aromatic carbocycles. The molecular formula is C20H27N3O4. The number of amides is 2. The third-order valence-electron chi connectivity index (χ3n) is 5.59. The van der Waals surface area contributed by atoms with Crippen LogP contribution in [0.2, 0.25) is 0 Å². The quantitative estimate of drug-likeness (QED) is 0.751. The molecule has 3 atom stereocenters. The number of rotatable bonds is 7. The highest BCUT2D eigenvalue weighted by Gasteiger charge is 2.38. The normalized spacial score (nSPS) is 24.2. The Morgan fingerprint density at radius 2 is 2.04 bits per heavy atom. The van der Waals surface area contributed by atoms with E-state index in [0.717, 1.165) is 25.9 Å². The second kappa shape index (κ2) is 8.52. The summed E-state index contributed by atoms with van der Waals surface area (Å²) < 4.78 is 0. The molecule has 2 amide bonds. The predicted octanol–water partition coefficient (Wildman–Crippen LogP) is 1.26. The van der Waals surface area contributed by atoms with E-state index in [-0.39, 0.29) is 18.2 Å². The van der Waals surface area contributed by atoms with Gasteiger partial charge in [-0.3, -0.25) is 14.5 Å². The van der Waals surface area contributed by atoms with Gasteiger partial charge in [0.1, 0.15) is 0 Å². The van der Waals surface area contributed by atoms with E-state index in [1.807, 2.05) is 0 Å². The van der Waals surface area contributed by atoms with Crippen molar-refractivity contribution in [1.29, 1.82) is 0 Å². The molecule has 0 bridgehead atoms. The fourth-order valence-corrected chi connectivity index (χ4v) is 4.09. The average molecular weight is 373 g/mol. The van der Waals surface area contributed by atoms with Crippen LogP contribution in [0.15, 0.2) is 30.3 Å². The first-order valence-corrected chi connectivity index (χ1v) is 9.59. The van der Waals surface area contributed by atoms with Crippen molar-refractivity contribution >= 4 is 17.8 Å². The lowest BCUT2D eigenvalue weighted by molar-refractivity contribution is -0.142. The SMILES string of the molecule is CCN1CCC[C@@H]1CN1C[C@H](C(=O)N[C@@H](C(=O)O)c2ccccc2)CC1=O. The molecule has 0 aromatic heterocycles. The molecule has 2 aliphatic rings. The smallest absolute Gasteiger partial charge is 0.330 e. The number of carbonyl (C=O) groups is 3. The number of likely N-dealkylation sites (N-methyl/N-ethyl adjacent to an activating group) is 1. The van der Waals surface area contributed by atoms with Crippen LogP contribution in [0.1, 0.15) is 37.8 Å². The van der Waals surface area contributed by atoms with Crippen molar-refractivity contribution in [3.8, 4) is 0 Å². The average Bonchev–Trinajstić information content (AvgIpc) is 3.26. The minimum atomic E-state index is -1.11. The third kappa shape index (κ3) is 4.47. The van der Waals surface area contributed by atoms with Crippen LogP contribution in [0.4, 0.5) is 0 Å². The van der Waals surface area contributed by atoms with Gasteiger partial charge in [-0.1, -0.05) is 37.3 Å². The maximum atomic E-state index is 12.6. The molecule has 2 N–H and O–H groups in total. The second-order valence-corrected chi connectivity index (χ2v) is 7.31. The summed E-state index contributed by atoms with van der Waals surface area (Å²) in [6.07, 6.45) is 2.36. The van der Waals surface area contributed by atoms with E-state index in [4.69, 9.17) is 0 Å². The summed E-state index contributed by atoms with van der Waals surface area (Å²) in [5.41, 5.74) is 0.518. The number of benzene rings is 1. The van der Waals surface area contributed by atoms with Crippen molar-refractivity contribution < 1.29 is 19.5 Å². The van der Waals surface area contributed by atoms with Crippen molar-refractivity contribution in [3.63, 3.8) is 0 Å². The maximum absolute atomic E-state index is 12.6. The van der Waals surface area contributed by atoms with Crippen molar-refractivity contribution in [2.45, 2.75) is 38.3 Å². The highest BCUT2D eigenvalue weighted by atomic mass is 16.4. The Morgan fingerprint density at radius 1 is 1.30 bits per heavy atom. The van der Waals surface area contributed by atoms with E-state index in [2.05, 4.69) is 17.1 Å². The van der Waals surface area contributed by atoms with E-state index in [1.54, 1.807) is 35.2 Å². The standard InChI is InChI=1S/C20H27N3O4/c1-2-22-10-6-9-16(22)13-23-12-15(11-17(23)24)19(25)21-18(20(26)27)14-7-4-3-5-8-14/h3-5,7-8,15-16,18H,2,6,9-13H2,1H3,(H,21,25)(H,26,27)/t15-,16-,18-/m1/s1. The van der Waals surface area contributed by atoms with E-state index < -0.39 is 17.9 Å². The largest absolute Gasteiger partial charge is 0.479 e. The molecule has 0 spiro atoms. The Bertz CT molecular complexity index is 694. The van der Waals surface area contributed by atoms with Crippen LogP contribution in [0.3, 0.4) is 0 Å². The molecular weight excluding hydrogens is 346 g/mol. The summed E-state index contributed by atoms with van der Waals surface area (Å²) in [6, 6.07) is 7.86. The molecule has 0 aliphatic carbocycles. The molecule has 1 aromatic rings. The zero-order valence-electron chi connectivity index (χ0n) is 15.6. The highest BCUT2D eigenvalue weighted by Crippen LogP contribution is 2.24. The zero-order chi connectivity index (χ0) is 19.4. The zero-order valence-corrected chi connectivity index (χ0v) is 15.6. The summed E-state index contributed by atoms with van der Waals surface area (Å²) >= 11 is 0. The summed E-state index contributed by atoms with van der Waals surface area (Å²) in [5.74, 6) is -2.01. The van der Waals surface area contributed by atoms with E-state index in [1.165, 1.54) is 0 Å². The molecule has 0 saturated carbocycles. The fraction of sp³-hybridized carbons (Fsp3) is 0.550. The lowest BCUT2D eigenvalue weighted by atomic mass is 10.0. The molecule has 7 nitrogen and oxygen atoms in total. The highest BCUT2D eigenvalue weighted by molar-refractivity contribution is 5.91. The first-order chi connectivity index (χ1) is 13.0. The Kier molecular flexibility index (Phi) is 6.11. The molecule has 7 heteroatoms. The molecule has 2 fully saturated rings. The van der Waals surface area contributed by atoms with Gasteiger partial charge in [0.15, 0.2) is 6.04 Å². The molecule has 2 aliphatic heterocycles. The van der Waals surface area contributed by atoms with Gasteiger partial charge in [0, 0.05) is 25.6 Å². The van der Waals surface area contributed by atoms with Crippen LogP contribution >= 0.6 is 0 Å². The minimum Gasteiger partial charge on any atom is -0.479 e. The van der Waals surface area contributed by atoms with Crippen LogP contribution in [0.25, 0.3) is 0 Å². The number of carbonyl (C=O) groups excluding carboxylic acids is 2. The number of nitrogens with one attached hydrogen (secondary N) is 1. The molecule has 2 heterocycles. The van der Waals surface area contributed by atoms with Crippen LogP contribution in [-0.2, 0) is 14.4 Å². The number of hydrogen-bond donors (Lipinski definition) is 2. The topological polar surface area (TPSA) is 89.9 Å². The molecule has 2 saturated heterocycles. The molecule has 0 radical (unpaired) electrons.